The van der Waals surface area contributed by atoms with E-state index in [4.69, 9.17) is 4.74 Å². The maximum absolute atomic E-state index is 13.0. The van der Waals surface area contributed by atoms with Crippen molar-refractivity contribution in [1.82, 2.24) is 4.90 Å². The number of ether oxygens (including phenoxy) is 1. The smallest absolute Gasteiger partial charge is 0.246 e. The molecule has 0 saturated carbocycles. The molecule has 1 aliphatic heterocycles. The SMILES string of the molecule is COc1ccccc1CN(CC(=O)N1c2ccccc2CC1C)C(C)=O. The van der Waals surface area contributed by atoms with Crippen molar-refractivity contribution in [3.05, 3.63) is 59.7 Å². The standard InChI is InChI=1S/C21H24N2O3/c1-15-12-17-8-4-6-10-19(17)23(15)21(25)14-22(16(2)24)13-18-9-5-7-11-20(18)26-3/h4-11,15H,12-14H2,1-3H3. The molecule has 0 radical (unpaired) electrons. The van der Waals surface area contributed by atoms with Crippen LogP contribution in [-0.2, 0) is 22.6 Å². The lowest BCUT2D eigenvalue weighted by Crippen LogP contribution is -2.44. The van der Waals surface area contributed by atoms with Gasteiger partial charge in [0.1, 0.15) is 12.3 Å². The molecule has 1 heterocycles. The number of benzene rings is 2. The minimum atomic E-state index is -0.135. The van der Waals surface area contributed by atoms with Gasteiger partial charge in [-0.3, -0.25) is 9.59 Å². The number of carbonyl (C=O) groups excluding carboxylic acids is 2. The maximum Gasteiger partial charge on any atom is 0.246 e. The van der Waals surface area contributed by atoms with Crippen LogP contribution in [0.15, 0.2) is 48.5 Å². The Hall–Kier alpha value is -2.82. The molecular formula is C21H24N2O3. The minimum Gasteiger partial charge on any atom is -0.496 e. The molecule has 1 atom stereocenters. The third-order valence-corrected chi connectivity index (χ3v) is 4.80. The van der Waals surface area contributed by atoms with Crippen LogP contribution < -0.4 is 9.64 Å². The van der Waals surface area contributed by atoms with Gasteiger partial charge in [-0.25, -0.2) is 0 Å². The molecule has 0 aliphatic carbocycles. The summed E-state index contributed by atoms with van der Waals surface area (Å²) >= 11 is 0. The van der Waals surface area contributed by atoms with Crippen LogP contribution in [0, 0.1) is 0 Å². The lowest BCUT2D eigenvalue weighted by atomic mass is 10.1. The number of nitrogens with zero attached hydrogens (tertiary/aromatic N) is 2. The summed E-state index contributed by atoms with van der Waals surface area (Å²) in [6.45, 7) is 3.92. The number of fused-ring (bicyclic) bond motifs is 1. The number of anilines is 1. The zero-order valence-corrected chi connectivity index (χ0v) is 15.4. The molecule has 1 unspecified atom stereocenters. The first kappa shape index (κ1) is 18.0. The lowest BCUT2D eigenvalue weighted by molar-refractivity contribution is -0.134. The van der Waals surface area contributed by atoms with Crippen molar-refractivity contribution in [1.29, 1.82) is 0 Å². The van der Waals surface area contributed by atoms with E-state index in [9.17, 15) is 9.59 Å². The van der Waals surface area contributed by atoms with Gasteiger partial charge < -0.3 is 14.5 Å². The quantitative estimate of drug-likeness (QED) is 0.831. The van der Waals surface area contributed by atoms with E-state index in [0.717, 1.165) is 17.7 Å². The van der Waals surface area contributed by atoms with Gasteiger partial charge in [-0.1, -0.05) is 36.4 Å². The molecule has 136 valence electrons. The molecule has 5 heteroatoms. The van der Waals surface area contributed by atoms with Crippen molar-refractivity contribution in [3.8, 4) is 5.75 Å². The summed E-state index contributed by atoms with van der Waals surface area (Å²) in [6.07, 6.45) is 0.842. The molecule has 0 N–H and O–H groups in total. The van der Waals surface area contributed by atoms with Gasteiger partial charge >= 0.3 is 0 Å². The molecule has 0 fully saturated rings. The normalized spacial score (nSPS) is 15.5. The first-order valence-electron chi connectivity index (χ1n) is 8.78. The molecule has 5 nitrogen and oxygen atoms in total. The molecular weight excluding hydrogens is 328 g/mol. The van der Waals surface area contributed by atoms with Gasteiger partial charge in [0.15, 0.2) is 0 Å². The summed E-state index contributed by atoms with van der Waals surface area (Å²) in [7, 11) is 1.60. The number of methoxy groups -OCH3 is 1. The third kappa shape index (κ3) is 3.57. The molecule has 3 rings (SSSR count). The maximum atomic E-state index is 13.0. The van der Waals surface area contributed by atoms with Crippen LogP contribution in [0.25, 0.3) is 0 Å². The average molecular weight is 352 g/mol. The Morgan fingerprint density at radius 3 is 2.58 bits per heavy atom. The monoisotopic (exact) mass is 352 g/mol. The Morgan fingerprint density at radius 2 is 1.85 bits per heavy atom. The zero-order valence-electron chi connectivity index (χ0n) is 15.4. The molecule has 26 heavy (non-hydrogen) atoms. The van der Waals surface area contributed by atoms with Crippen molar-refractivity contribution in [2.45, 2.75) is 32.9 Å². The van der Waals surface area contributed by atoms with Gasteiger partial charge in [0.2, 0.25) is 11.8 Å². The molecule has 2 aromatic carbocycles. The highest BCUT2D eigenvalue weighted by Crippen LogP contribution is 2.32. The topological polar surface area (TPSA) is 49.9 Å². The number of para-hydroxylation sites is 2. The van der Waals surface area contributed by atoms with Gasteiger partial charge in [-0.2, -0.15) is 0 Å². The second kappa shape index (κ2) is 7.60. The summed E-state index contributed by atoms with van der Waals surface area (Å²) in [6, 6.07) is 15.6. The lowest BCUT2D eigenvalue weighted by Gasteiger charge is -2.27. The first-order chi connectivity index (χ1) is 12.5. The second-order valence-corrected chi connectivity index (χ2v) is 6.63. The predicted molar refractivity (Wildman–Crippen MR) is 101 cm³/mol. The van der Waals surface area contributed by atoms with Crippen LogP contribution in [0.3, 0.4) is 0 Å². The molecule has 0 bridgehead atoms. The molecule has 0 spiro atoms. The van der Waals surface area contributed by atoms with Crippen molar-refractivity contribution < 1.29 is 14.3 Å². The van der Waals surface area contributed by atoms with Crippen molar-refractivity contribution in [3.63, 3.8) is 0 Å². The molecule has 2 aromatic rings. The fourth-order valence-corrected chi connectivity index (χ4v) is 3.50. The van der Waals surface area contributed by atoms with E-state index in [1.807, 2.05) is 54.3 Å². The van der Waals surface area contributed by atoms with Crippen LogP contribution in [-0.4, -0.2) is 36.4 Å². The molecule has 2 amide bonds. The third-order valence-electron chi connectivity index (χ3n) is 4.80. The first-order valence-corrected chi connectivity index (χ1v) is 8.78. The fraction of sp³-hybridized carbons (Fsp3) is 0.333. The van der Waals surface area contributed by atoms with E-state index in [0.29, 0.717) is 12.3 Å². The van der Waals surface area contributed by atoms with Crippen LogP contribution in [0.2, 0.25) is 0 Å². The van der Waals surface area contributed by atoms with E-state index in [1.165, 1.54) is 12.5 Å². The highest BCUT2D eigenvalue weighted by Gasteiger charge is 2.31. The Morgan fingerprint density at radius 1 is 1.15 bits per heavy atom. The van der Waals surface area contributed by atoms with Crippen molar-refractivity contribution in [2.24, 2.45) is 0 Å². The van der Waals surface area contributed by atoms with E-state index in [2.05, 4.69) is 6.07 Å². The van der Waals surface area contributed by atoms with Crippen molar-refractivity contribution >= 4 is 17.5 Å². The average Bonchev–Trinajstić information content (AvgIpc) is 2.97. The summed E-state index contributed by atoms with van der Waals surface area (Å²) in [5.41, 5.74) is 3.01. The second-order valence-electron chi connectivity index (χ2n) is 6.63. The van der Waals surface area contributed by atoms with Crippen LogP contribution in [0.4, 0.5) is 5.69 Å². The molecule has 1 aliphatic rings. The largest absolute Gasteiger partial charge is 0.496 e. The Labute approximate surface area is 154 Å². The highest BCUT2D eigenvalue weighted by atomic mass is 16.5. The van der Waals surface area contributed by atoms with Gasteiger partial charge in [0.05, 0.1) is 7.11 Å². The number of rotatable bonds is 5. The van der Waals surface area contributed by atoms with Crippen molar-refractivity contribution in [2.75, 3.05) is 18.6 Å². The Balaban J connectivity index is 1.78. The van der Waals surface area contributed by atoms with Gasteiger partial charge in [0, 0.05) is 30.8 Å². The number of hydrogen-bond donors (Lipinski definition) is 0. The number of carbonyl (C=O) groups is 2. The summed E-state index contributed by atoms with van der Waals surface area (Å²) in [5, 5.41) is 0. The number of hydrogen-bond acceptors (Lipinski definition) is 3. The Kier molecular flexibility index (Phi) is 5.26. The summed E-state index contributed by atoms with van der Waals surface area (Å²) in [4.78, 5) is 28.5. The van der Waals surface area contributed by atoms with E-state index >= 15 is 0 Å². The van der Waals surface area contributed by atoms with Crippen LogP contribution in [0.1, 0.15) is 25.0 Å². The van der Waals surface area contributed by atoms with Gasteiger partial charge in [0.25, 0.3) is 0 Å². The van der Waals surface area contributed by atoms with E-state index in [1.54, 1.807) is 12.0 Å². The van der Waals surface area contributed by atoms with Crippen LogP contribution >= 0.6 is 0 Å². The number of amides is 2. The highest BCUT2D eigenvalue weighted by molar-refractivity contribution is 5.98. The summed E-state index contributed by atoms with van der Waals surface area (Å²) in [5.74, 6) is 0.517. The summed E-state index contributed by atoms with van der Waals surface area (Å²) < 4.78 is 5.36. The fourth-order valence-electron chi connectivity index (χ4n) is 3.50. The minimum absolute atomic E-state index is 0.0477. The Bertz CT molecular complexity index is 818. The van der Waals surface area contributed by atoms with Crippen LogP contribution in [0.5, 0.6) is 5.75 Å². The van der Waals surface area contributed by atoms with Gasteiger partial charge in [-0.05, 0) is 31.0 Å². The zero-order chi connectivity index (χ0) is 18.7. The van der Waals surface area contributed by atoms with Gasteiger partial charge in [-0.15, -0.1) is 0 Å². The van der Waals surface area contributed by atoms with E-state index < -0.39 is 0 Å². The predicted octanol–water partition coefficient (Wildman–Crippen LogP) is 3.02. The molecule has 0 saturated heterocycles. The van der Waals surface area contributed by atoms with E-state index in [-0.39, 0.29) is 24.4 Å². The molecule has 0 aromatic heterocycles.